The Morgan fingerprint density at radius 1 is 1.26 bits per heavy atom. The third kappa shape index (κ3) is 3.86. The van der Waals surface area contributed by atoms with E-state index in [9.17, 15) is 4.79 Å². The largest absolute Gasteiger partial charge is 0.490 e. The smallest absolute Gasteiger partial charge is 0.236 e. The zero-order chi connectivity index (χ0) is 13.5. The number of rotatable bonds is 6. The molecular formula is C14H20N2O3. The Morgan fingerprint density at radius 2 is 2.00 bits per heavy atom. The molecule has 1 N–H and O–H groups in total. The van der Waals surface area contributed by atoms with E-state index in [2.05, 4.69) is 5.32 Å². The molecular weight excluding hydrogens is 244 g/mol. The van der Waals surface area contributed by atoms with E-state index in [1.807, 2.05) is 36.1 Å². The molecule has 5 nitrogen and oxygen atoms in total. The summed E-state index contributed by atoms with van der Waals surface area (Å²) in [7, 11) is 0. The Labute approximate surface area is 113 Å². The lowest BCUT2D eigenvalue weighted by Crippen LogP contribution is -2.49. The van der Waals surface area contributed by atoms with Crippen molar-refractivity contribution in [2.75, 3.05) is 39.4 Å². The molecule has 1 aliphatic rings. The molecule has 19 heavy (non-hydrogen) atoms. The molecule has 2 rings (SSSR count). The van der Waals surface area contributed by atoms with Crippen LogP contribution in [0.15, 0.2) is 24.3 Å². The molecule has 0 atom stereocenters. The molecule has 1 fully saturated rings. The van der Waals surface area contributed by atoms with Crippen molar-refractivity contribution in [3.8, 4) is 11.5 Å². The molecule has 0 radical (unpaired) electrons. The summed E-state index contributed by atoms with van der Waals surface area (Å²) >= 11 is 0. The van der Waals surface area contributed by atoms with E-state index < -0.39 is 0 Å². The summed E-state index contributed by atoms with van der Waals surface area (Å²) < 4.78 is 11.2. The van der Waals surface area contributed by atoms with Crippen molar-refractivity contribution in [3.63, 3.8) is 0 Å². The Balaban J connectivity index is 1.83. The van der Waals surface area contributed by atoms with E-state index in [4.69, 9.17) is 9.47 Å². The third-order valence-corrected chi connectivity index (χ3v) is 2.96. The summed E-state index contributed by atoms with van der Waals surface area (Å²) in [6.45, 7) is 5.66. The summed E-state index contributed by atoms with van der Waals surface area (Å²) in [6.07, 6.45) is 0. The van der Waals surface area contributed by atoms with Crippen LogP contribution in [0, 0.1) is 0 Å². The van der Waals surface area contributed by atoms with Gasteiger partial charge in [0, 0.05) is 13.1 Å². The van der Waals surface area contributed by atoms with E-state index in [1.165, 1.54) is 0 Å². The van der Waals surface area contributed by atoms with Crippen LogP contribution in [0.3, 0.4) is 0 Å². The fourth-order valence-electron chi connectivity index (χ4n) is 1.99. The van der Waals surface area contributed by atoms with Gasteiger partial charge in [0.25, 0.3) is 0 Å². The van der Waals surface area contributed by atoms with Crippen LogP contribution in [0.1, 0.15) is 6.92 Å². The zero-order valence-electron chi connectivity index (χ0n) is 11.2. The second-order valence-corrected chi connectivity index (χ2v) is 4.29. The van der Waals surface area contributed by atoms with Gasteiger partial charge in [-0.25, -0.2) is 0 Å². The van der Waals surface area contributed by atoms with Gasteiger partial charge in [-0.3, -0.25) is 4.79 Å². The molecule has 1 aliphatic heterocycles. The number of benzene rings is 1. The number of nitrogens with zero attached hydrogens (tertiary/aromatic N) is 1. The molecule has 0 aromatic heterocycles. The molecule has 1 amide bonds. The van der Waals surface area contributed by atoms with Gasteiger partial charge in [0.2, 0.25) is 5.91 Å². The lowest BCUT2D eigenvalue weighted by atomic mass is 10.3. The monoisotopic (exact) mass is 264 g/mol. The van der Waals surface area contributed by atoms with Crippen LogP contribution in [-0.2, 0) is 4.79 Å². The van der Waals surface area contributed by atoms with E-state index in [1.54, 1.807) is 0 Å². The van der Waals surface area contributed by atoms with Gasteiger partial charge >= 0.3 is 0 Å². The summed E-state index contributed by atoms with van der Waals surface area (Å²) in [5.41, 5.74) is 0. The minimum absolute atomic E-state index is 0.132. The first-order valence-corrected chi connectivity index (χ1v) is 6.64. The highest BCUT2D eigenvalue weighted by Gasteiger charge is 2.17. The van der Waals surface area contributed by atoms with Crippen molar-refractivity contribution in [1.29, 1.82) is 0 Å². The van der Waals surface area contributed by atoms with Crippen molar-refractivity contribution in [2.24, 2.45) is 0 Å². The van der Waals surface area contributed by atoms with Crippen molar-refractivity contribution in [1.82, 2.24) is 10.2 Å². The van der Waals surface area contributed by atoms with Crippen LogP contribution in [-0.4, -0.2) is 50.2 Å². The number of carbonyl (C=O) groups is 1. The maximum Gasteiger partial charge on any atom is 0.236 e. The zero-order valence-corrected chi connectivity index (χ0v) is 11.2. The van der Waals surface area contributed by atoms with E-state index in [0.29, 0.717) is 26.3 Å². The molecule has 1 saturated heterocycles. The van der Waals surface area contributed by atoms with Crippen LogP contribution in [0.25, 0.3) is 0 Å². The molecule has 0 spiro atoms. The molecule has 1 heterocycles. The lowest BCUT2D eigenvalue weighted by Gasteiger charge is -2.27. The molecule has 0 saturated carbocycles. The van der Waals surface area contributed by atoms with Gasteiger partial charge < -0.3 is 19.7 Å². The first-order chi connectivity index (χ1) is 9.31. The van der Waals surface area contributed by atoms with Crippen molar-refractivity contribution >= 4 is 5.91 Å². The molecule has 5 heteroatoms. The van der Waals surface area contributed by atoms with E-state index in [-0.39, 0.29) is 5.91 Å². The fourth-order valence-corrected chi connectivity index (χ4v) is 1.99. The molecule has 1 aromatic rings. The fraction of sp³-hybridized carbons (Fsp3) is 0.500. The average Bonchev–Trinajstić information content (AvgIpc) is 2.43. The number of ether oxygens (including phenoxy) is 2. The van der Waals surface area contributed by atoms with Crippen molar-refractivity contribution < 1.29 is 14.3 Å². The minimum Gasteiger partial charge on any atom is -0.490 e. The van der Waals surface area contributed by atoms with Crippen molar-refractivity contribution in [2.45, 2.75) is 6.92 Å². The second kappa shape index (κ2) is 6.99. The predicted molar refractivity (Wildman–Crippen MR) is 72.6 cm³/mol. The van der Waals surface area contributed by atoms with Gasteiger partial charge in [-0.05, 0) is 19.1 Å². The maximum absolute atomic E-state index is 11.6. The quantitative estimate of drug-likeness (QED) is 0.829. The molecule has 104 valence electrons. The SMILES string of the molecule is CCOc1ccccc1OCCN1CCNCC1=O. The number of carbonyl (C=O) groups excluding carboxylic acids is 1. The highest BCUT2D eigenvalue weighted by Crippen LogP contribution is 2.26. The molecule has 0 unspecified atom stereocenters. The minimum atomic E-state index is 0.132. The summed E-state index contributed by atoms with van der Waals surface area (Å²) in [5.74, 6) is 1.61. The summed E-state index contributed by atoms with van der Waals surface area (Å²) in [4.78, 5) is 13.4. The standard InChI is InChI=1S/C14H20N2O3/c1-2-18-12-5-3-4-6-13(12)19-10-9-16-8-7-15-11-14(16)17/h3-6,15H,2,7-11H2,1H3. The van der Waals surface area contributed by atoms with Gasteiger partial charge in [-0.15, -0.1) is 0 Å². The van der Waals surface area contributed by atoms with Crippen molar-refractivity contribution in [3.05, 3.63) is 24.3 Å². The molecule has 0 aliphatic carbocycles. The lowest BCUT2D eigenvalue weighted by molar-refractivity contribution is -0.132. The predicted octanol–water partition coefficient (Wildman–Crippen LogP) is 0.896. The van der Waals surface area contributed by atoms with E-state index >= 15 is 0 Å². The maximum atomic E-state index is 11.6. The van der Waals surface area contributed by atoms with Gasteiger partial charge in [0.15, 0.2) is 11.5 Å². The molecule has 1 aromatic carbocycles. The Hall–Kier alpha value is -1.75. The summed E-state index contributed by atoms with van der Waals surface area (Å²) in [6, 6.07) is 7.59. The summed E-state index contributed by atoms with van der Waals surface area (Å²) in [5, 5.41) is 3.05. The number of hydrogen-bond acceptors (Lipinski definition) is 4. The highest BCUT2D eigenvalue weighted by atomic mass is 16.5. The van der Waals surface area contributed by atoms with E-state index in [0.717, 1.165) is 24.6 Å². The molecule has 0 bridgehead atoms. The Bertz CT molecular complexity index is 423. The second-order valence-electron chi connectivity index (χ2n) is 4.29. The topological polar surface area (TPSA) is 50.8 Å². The normalized spacial score (nSPS) is 15.4. The van der Waals surface area contributed by atoms with Crippen LogP contribution >= 0.6 is 0 Å². The Kier molecular flexibility index (Phi) is 5.03. The Morgan fingerprint density at radius 3 is 2.68 bits per heavy atom. The van der Waals surface area contributed by atoms with Crippen LogP contribution in [0.4, 0.5) is 0 Å². The third-order valence-electron chi connectivity index (χ3n) is 2.96. The van der Waals surface area contributed by atoms with Crippen LogP contribution in [0.5, 0.6) is 11.5 Å². The van der Waals surface area contributed by atoms with Gasteiger partial charge in [-0.2, -0.15) is 0 Å². The number of hydrogen-bond donors (Lipinski definition) is 1. The number of nitrogens with one attached hydrogen (secondary N) is 1. The van der Waals surface area contributed by atoms with Gasteiger partial charge in [0.1, 0.15) is 6.61 Å². The first kappa shape index (κ1) is 13.7. The highest BCUT2D eigenvalue weighted by molar-refractivity contribution is 5.78. The average molecular weight is 264 g/mol. The number of para-hydroxylation sites is 2. The van der Waals surface area contributed by atoms with Gasteiger partial charge in [0.05, 0.1) is 19.7 Å². The number of piperazine rings is 1. The van der Waals surface area contributed by atoms with Gasteiger partial charge in [-0.1, -0.05) is 12.1 Å². The van der Waals surface area contributed by atoms with Crippen LogP contribution < -0.4 is 14.8 Å². The first-order valence-electron chi connectivity index (χ1n) is 6.64. The van der Waals surface area contributed by atoms with Crippen LogP contribution in [0.2, 0.25) is 0 Å². The number of amides is 1.